The molecule has 1 saturated heterocycles. The number of hydrogen-bond acceptors (Lipinski definition) is 5. The number of benzene rings is 1. The van der Waals surface area contributed by atoms with Crippen molar-refractivity contribution in [2.24, 2.45) is 11.8 Å². The highest BCUT2D eigenvalue weighted by atomic mass is 16.5. The maximum atomic E-state index is 13.4. The number of amides is 3. The second-order valence-corrected chi connectivity index (χ2v) is 8.69. The first-order chi connectivity index (χ1) is 13.9. The first-order valence-corrected chi connectivity index (χ1v) is 10.5. The molecule has 3 aliphatic rings. The maximum absolute atomic E-state index is 13.4. The summed E-state index contributed by atoms with van der Waals surface area (Å²) in [4.78, 5) is 29.8. The Balaban J connectivity index is 1.52. The number of carbonyl (C=O) groups excluding carboxylic acids is 2. The molecular weight excluding hydrogens is 370 g/mol. The number of nitrogens with one attached hydrogen (secondary N) is 1. The largest absolute Gasteiger partial charge is 0.493 e. The smallest absolute Gasteiger partial charge is 0.326 e. The molecule has 1 N–H and O–H groups in total. The van der Waals surface area contributed by atoms with E-state index in [4.69, 9.17) is 9.47 Å². The second kappa shape index (κ2) is 7.52. The van der Waals surface area contributed by atoms with Gasteiger partial charge in [0.05, 0.1) is 20.9 Å². The van der Waals surface area contributed by atoms with Crippen LogP contribution in [0.25, 0.3) is 0 Å². The van der Waals surface area contributed by atoms with Gasteiger partial charge in [0.1, 0.15) is 5.54 Å². The molecule has 4 rings (SSSR count). The monoisotopic (exact) mass is 401 g/mol. The van der Waals surface area contributed by atoms with Crippen molar-refractivity contribution in [2.75, 3.05) is 27.4 Å². The van der Waals surface area contributed by atoms with Crippen molar-refractivity contribution in [3.05, 3.63) is 23.3 Å². The fourth-order valence-electron chi connectivity index (χ4n) is 5.34. The van der Waals surface area contributed by atoms with Gasteiger partial charge in [0.2, 0.25) is 0 Å². The summed E-state index contributed by atoms with van der Waals surface area (Å²) in [5.74, 6) is 1.70. The van der Waals surface area contributed by atoms with Gasteiger partial charge in [-0.05, 0) is 54.4 Å². The number of hydrogen-bond donors (Lipinski definition) is 1. The average Bonchev–Trinajstić information content (AvgIpc) is 2.96. The van der Waals surface area contributed by atoms with Gasteiger partial charge >= 0.3 is 6.03 Å². The molecule has 0 aromatic heterocycles. The van der Waals surface area contributed by atoms with Gasteiger partial charge in [-0.25, -0.2) is 9.69 Å². The molecule has 3 amide bonds. The first kappa shape index (κ1) is 20.0. The van der Waals surface area contributed by atoms with Crippen molar-refractivity contribution in [3.8, 4) is 11.5 Å². The van der Waals surface area contributed by atoms with E-state index < -0.39 is 5.54 Å². The normalized spacial score (nSPS) is 26.4. The lowest BCUT2D eigenvalue weighted by atomic mass is 9.67. The van der Waals surface area contributed by atoms with Crippen molar-refractivity contribution in [1.82, 2.24) is 15.1 Å². The lowest BCUT2D eigenvalue weighted by Gasteiger charge is -2.42. The molecule has 158 valence electrons. The van der Waals surface area contributed by atoms with Crippen LogP contribution in [0.4, 0.5) is 4.79 Å². The zero-order valence-corrected chi connectivity index (χ0v) is 17.8. The van der Waals surface area contributed by atoms with Crippen LogP contribution in [-0.4, -0.2) is 54.7 Å². The molecule has 2 aliphatic heterocycles. The van der Waals surface area contributed by atoms with Crippen molar-refractivity contribution in [1.29, 1.82) is 0 Å². The van der Waals surface area contributed by atoms with Crippen molar-refractivity contribution in [2.45, 2.75) is 51.6 Å². The van der Waals surface area contributed by atoms with Gasteiger partial charge < -0.3 is 14.8 Å². The summed E-state index contributed by atoms with van der Waals surface area (Å²) in [5, 5.41) is 3.08. The summed E-state index contributed by atoms with van der Waals surface area (Å²) >= 11 is 0. The van der Waals surface area contributed by atoms with Crippen LogP contribution in [0.15, 0.2) is 12.1 Å². The number of imide groups is 1. The zero-order valence-electron chi connectivity index (χ0n) is 17.8. The quantitative estimate of drug-likeness (QED) is 0.786. The van der Waals surface area contributed by atoms with Crippen molar-refractivity contribution in [3.63, 3.8) is 0 Å². The van der Waals surface area contributed by atoms with E-state index in [2.05, 4.69) is 24.1 Å². The first-order valence-electron chi connectivity index (χ1n) is 10.5. The molecule has 2 heterocycles. The Morgan fingerprint density at radius 3 is 2.31 bits per heavy atom. The predicted octanol–water partition coefficient (Wildman–Crippen LogP) is 2.77. The highest BCUT2D eigenvalue weighted by molar-refractivity contribution is 6.07. The van der Waals surface area contributed by atoms with Crippen LogP contribution in [0.2, 0.25) is 0 Å². The molecule has 0 radical (unpaired) electrons. The standard InChI is InChI=1S/C22H31N3O4/c1-14-6-5-7-15(2)22(14)20(26)25(21(27)23-22)13-24-9-8-16-10-18(28-3)19(29-4)11-17(16)12-24/h10-11,14-15H,5-9,12-13H2,1-4H3,(H,23,27)/t14-,15-/m1/s1. The summed E-state index contributed by atoms with van der Waals surface area (Å²) in [7, 11) is 3.27. The van der Waals surface area contributed by atoms with E-state index in [9.17, 15) is 9.59 Å². The third-order valence-electron chi connectivity index (χ3n) is 7.13. The SMILES string of the molecule is COc1cc2c(cc1OC)CN(CN1C(=O)NC3(C1=O)[C@H](C)CCC[C@H]3C)CC2. The van der Waals surface area contributed by atoms with Crippen LogP contribution in [0.5, 0.6) is 11.5 Å². The number of methoxy groups -OCH3 is 2. The number of nitrogens with zero attached hydrogens (tertiary/aromatic N) is 2. The van der Waals surface area contributed by atoms with E-state index in [-0.39, 0.29) is 23.8 Å². The number of fused-ring (bicyclic) bond motifs is 1. The predicted molar refractivity (Wildman–Crippen MR) is 109 cm³/mol. The molecule has 7 heteroatoms. The van der Waals surface area contributed by atoms with E-state index in [1.807, 2.05) is 12.1 Å². The molecule has 1 aliphatic carbocycles. The fraction of sp³-hybridized carbons (Fsp3) is 0.636. The van der Waals surface area contributed by atoms with E-state index in [1.165, 1.54) is 10.5 Å². The van der Waals surface area contributed by atoms with Crippen LogP contribution in [0.3, 0.4) is 0 Å². The van der Waals surface area contributed by atoms with Gasteiger partial charge in [-0.15, -0.1) is 0 Å². The number of rotatable bonds is 4. The van der Waals surface area contributed by atoms with Crippen LogP contribution in [0, 0.1) is 11.8 Å². The minimum Gasteiger partial charge on any atom is -0.493 e. The fourth-order valence-corrected chi connectivity index (χ4v) is 5.34. The van der Waals surface area contributed by atoms with Gasteiger partial charge in [-0.1, -0.05) is 20.3 Å². The molecule has 7 nitrogen and oxygen atoms in total. The number of urea groups is 1. The van der Waals surface area contributed by atoms with E-state index >= 15 is 0 Å². The Labute approximate surface area is 172 Å². The molecular formula is C22H31N3O4. The Kier molecular flexibility index (Phi) is 5.19. The van der Waals surface area contributed by atoms with Gasteiger partial charge in [0.25, 0.3) is 5.91 Å². The molecule has 0 unspecified atom stereocenters. The van der Waals surface area contributed by atoms with Crippen LogP contribution in [-0.2, 0) is 17.8 Å². The maximum Gasteiger partial charge on any atom is 0.326 e. The average molecular weight is 402 g/mol. The van der Waals surface area contributed by atoms with Crippen LogP contribution < -0.4 is 14.8 Å². The van der Waals surface area contributed by atoms with Crippen molar-refractivity contribution < 1.29 is 19.1 Å². The zero-order chi connectivity index (χ0) is 20.8. The third kappa shape index (κ3) is 3.16. The molecule has 1 aromatic rings. The Morgan fingerprint density at radius 2 is 1.69 bits per heavy atom. The minimum absolute atomic E-state index is 0.0553. The topological polar surface area (TPSA) is 71.1 Å². The summed E-state index contributed by atoms with van der Waals surface area (Å²) in [6, 6.07) is 3.77. The number of carbonyl (C=O) groups is 2. The summed E-state index contributed by atoms with van der Waals surface area (Å²) in [6.07, 6.45) is 3.91. The van der Waals surface area contributed by atoms with Crippen molar-refractivity contribution >= 4 is 11.9 Å². The lowest BCUT2D eigenvalue weighted by Crippen LogP contribution is -2.59. The summed E-state index contributed by atoms with van der Waals surface area (Å²) in [6.45, 7) is 5.96. The van der Waals surface area contributed by atoms with E-state index in [0.717, 1.165) is 43.5 Å². The summed E-state index contributed by atoms with van der Waals surface area (Å²) < 4.78 is 10.8. The Morgan fingerprint density at radius 1 is 1.07 bits per heavy atom. The molecule has 29 heavy (non-hydrogen) atoms. The highest BCUT2D eigenvalue weighted by Crippen LogP contribution is 2.42. The molecule has 1 saturated carbocycles. The molecule has 1 aromatic carbocycles. The highest BCUT2D eigenvalue weighted by Gasteiger charge is 2.58. The van der Waals surface area contributed by atoms with Gasteiger partial charge in [-0.2, -0.15) is 0 Å². The van der Waals surface area contributed by atoms with Crippen LogP contribution in [0.1, 0.15) is 44.2 Å². The van der Waals surface area contributed by atoms with Crippen LogP contribution >= 0.6 is 0 Å². The lowest BCUT2D eigenvalue weighted by molar-refractivity contribution is -0.138. The molecule has 2 fully saturated rings. The Bertz CT molecular complexity index is 815. The Hall–Kier alpha value is -2.28. The third-order valence-corrected chi connectivity index (χ3v) is 7.13. The molecule has 2 atom stereocenters. The minimum atomic E-state index is -0.736. The number of ether oxygens (including phenoxy) is 2. The second-order valence-electron chi connectivity index (χ2n) is 8.69. The van der Waals surface area contributed by atoms with E-state index in [1.54, 1.807) is 14.2 Å². The van der Waals surface area contributed by atoms with E-state index in [0.29, 0.717) is 19.0 Å². The van der Waals surface area contributed by atoms with Gasteiger partial charge in [0.15, 0.2) is 11.5 Å². The van der Waals surface area contributed by atoms with Gasteiger partial charge in [-0.3, -0.25) is 9.69 Å². The molecule has 0 bridgehead atoms. The van der Waals surface area contributed by atoms with Gasteiger partial charge in [0, 0.05) is 13.1 Å². The summed E-state index contributed by atoms with van der Waals surface area (Å²) in [5.41, 5.74) is 1.64. The molecule has 1 spiro atoms.